The van der Waals surface area contributed by atoms with Gasteiger partial charge in [-0.1, -0.05) is 18.2 Å². The molecule has 0 unspecified atom stereocenters. The summed E-state index contributed by atoms with van der Waals surface area (Å²) in [4.78, 5) is 3.23. The number of H-pyrrole nitrogens is 2. The van der Waals surface area contributed by atoms with E-state index in [2.05, 4.69) is 27.3 Å². The summed E-state index contributed by atoms with van der Waals surface area (Å²) in [5.41, 5.74) is 3.36. The third-order valence-electron chi connectivity index (χ3n) is 2.38. The Bertz CT molecular complexity index is 549. The molecule has 0 radical (unpaired) electrons. The predicted octanol–water partition coefficient (Wildman–Crippen LogP) is 2.56. The minimum absolute atomic E-state index is 1.04. The van der Waals surface area contributed by atoms with E-state index >= 15 is 0 Å². The molecule has 0 atom stereocenters. The zero-order valence-corrected chi connectivity index (χ0v) is 7.49. The quantitative estimate of drug-likeness (QED) is 0.598. The van der Waals surface area contributed by atoms with Gasteiger partial charge in [-0.2, -0.15) is 5.10 Å². The lowest BCUT2D eigenvalue weighted by Crippen LogP contribution is -1.74. The summed E-state index contributed by atoms with van der Waals surface area (Å²) < 4.78 is 0. The number of para-hydroxylation sites is 1. The molecule has 2 N–H and O–H groups in total. The fourth-order valence-electron chi connectivity index (χ4n) is 1.70. The molecule has 14 heavy (non-hydrogen) atoms. The molecule has 1 aromatic carbocycles. The van der Waals surface area contributed by atoms with Crippen molar-refractivity contribution in [2.75, 3.05) is 0 Å². The van der Waals surface area contributed by atoms with Gasteiger partial charge in [0.05, 0.1) is 5.69 Å². The molecule has 68 valence electrons. The second-order valence-electron chi connectivity index (χ2n) is 3.22. The van der Waals surface area contributed by atoms with E-state index in [1.165, 1.54) is 5.39 Å². The van der Waals surface area contributed by atoms with Crippen molar-refractivity contribution in [1.82, 2.24) is 15.2 Å². The van der Waals surface area contributed by atoms with Crippen LogP contribution in [0.25, 0.3) is 22.2 Å². The largest absolute Gasteiger partial charge is 0.360 e. The molecule has 0 saturated carbocycles. The van der Waals surface area contributed by atoms with Crippen LogP contribution in [0.15, 0.2) is 42.7 Å². The predicted molar refractivity (Wildman–Crippen MR) is 55.9 cm³/mol. The maximum Gasteiger partial charge on any atom is 0.0671 e. The lowest BCUT2D eigenvalue weighted by Gasteiger charge is -1.93. The van der Waals surface area contributed by atoms with Crippen LogP contribution < -0.4 is 0 Å². The van der Waals surface area contributed by atoms with Gasteiger partial charge < -0.3 is 4.98 Å². The van der Waals surface area contributed by atoms with Crippen molar-refractivity contribution in [3.8, 4) is 11.3 Å². The summed E-state index contributed by atoms with van der Waals surface area (Å²) in [6.07, 6.45) is 3.76. The highest BCUT2D eigenvalue weighted by molar-refractivity contribution is 5.94. The number of benzene rings is 1. The Morgan fingerprint density at radius 3 is 2.86 bits per heavy atom. The van der Waals surface area contributed by atoms with Gasteiger partial charge in [0.2, 0.25) is 0 Å². The number of nitrogens with zero attached hydrogens (tertiary/aromatic N) is 1. The maximum absolute atomic E-state index is 3.95. The number of fused-ring (bicyclic) bond motifs is 1. The van der Waals surface area contributed by atoms with Gasteiger partial charge in [0.25, 0.3) is 0 Å². The fraction of sp³-hybridized carbons (Fsp3) is 0. The van der Waals surface area contributed by atoms with Gasteiger partial charge >= 0.3 is 0 Å². The summed E-state index contributed by atoms with van der Waals surface area (Å²) in [6, 6.07) is 10.2. The highest BCUT2D eigenvalue weighted by Crippen LogP contribution is 2.26. The van der Waals surface area contributed by atoms with E-state index in [1.54, 1.807) is 6.20 Å². The number of hydrogen-bond acceptors (Lipinski definition) is 1. The second-order valence-corrected chi connectivity index (χ2v) is 3.22. The van der Waals surface area contributed by atoms with Crippen LogP contribution in [0.1, 0.15) is 0 Å². The zero-order chi connectivity index (χ0) is 9.38. The van der Waals surface area contributed by atoms with Crippen molar-refractivity contribution in [3.05, 3.63) is 42.7 Å². The van der Waals surface area contributed by atoms with E-state index in [-0.39, 0.29) is 0 Å². The first-order valence-electron chi connectivity index (χ1n) is 4.51. The minimum Gasteiger partial charge on any atom is -0.360 e. The number of rotatable bonds is 1. The first-order chi connectivity index (χ1) is 6.95. The summed E-state index contributed by atoms with van der Waals surface area (Å²) in [6.45, 7) is 0. The second kappa shape index (κ2) is 2.73. The molecular formula is C11H9N3. The number of aromatic amines is 2. The molecule has 3 nitrogen and oxygen atoms in total. The van der Waals surface area contributed by atoms with Crippen molar-refractivity contribution >= 4 is 10.9 Å². The van der Waals surface area contributed by atoms with Crippen molar-refractivity contribution in [2.45, 2.75) is 0 Å². The van der Waals surface area contributed by atoms with Crippen LogP contribution in [-0.2, 0) is 0 Å². The molecule has 0 aliphatic carbocycles. The molecule has 3 rings (SSSR count). The zero-order valence-electron chi connectivity index (χ0n) is 7.49. The lowest BCUT2D eigenvalue weighted by atomic mass is 10.1. The molecule has 0 saturated heterocycles. The van der Waals surface area contributed by atoms with Crippen LogP contribution in [0.5, 0.6) is 0 Å². The van der Waals surface area contributed by atoms with Gasteiger partial charge in [-0.3, -0.25) is 5.10 Å². The molecule has 3 aromatic rings. The number of nitrogens with one attached hydrogen (secondary N) is 2. The van der Waals surface area contributed by atoms with Crippen molar-refractivity contribution in [3.63, 3.8) is 0 Å². The summed E-state index contributed by atoms with van der Waals surface area (Å²) in [5.74, 6) is 0. The average molecular weight is 183 g/mol. The van der Waals surface area contributed by atoms with Crippen LogP contribution >= 0.6 is 0 Å². The van der Waals surface area contributed by atoms with Gasteiger partial charge in [-0.25, -0.2) is 0 Å². The summed E-state index contributed by atoms with van der Waals surface area (Å²) >= 11 is 0. The highest BCUT2D eigenvalue weighted by Gasteiger charge is 2.05. The van der Waals surface area contributed by atoms with E-state index in [4.69, 9.17) is 0 Å². The molecule has 3 heteroatoms. The Morgan fingerprint density at radius 1 is 1.07 bits per heavy atom. The van der Waals surface area contributed by atoms with Crippen molar-refractivity contribution in [2.24, 2.45) is 0 Å². The van der Waals surface area contributed by atoms with Gasteiger partial charge in [0.15, 0.2) is 0 Å². The summed E-state index contributed by atoms with van der Waals surface area (Å²) in [5, 5.41) is 8.13. The van der Waals surface area contributed by atoms with Crippen LogP contribution in [0.2, 0.25) is 0 Å². The fourth-order valence-corrected chi connectivity index (χ4v) is 1.70. The monoisotopic (exact) mass is 183 g/mol. The van der Waals surface area contributed by atoms with Gasteiger partial charge in [0.1, 0.15) is 0 Å². The van der Waals surface area contributed by atoms with Crippen LogP contribution in [0, 0.1) is 0 Å². The van der Waals surface area contributed by atoms with E-state index in [0.29, 0.717) is 0 Å². The Balaban J connectivity index is 2.33. The molecule has 0 fully saturated rings. The van der Waals surface area contributed by atoms with Gasteiger partial charge in [-0.15, -0.1) is 0 Å². The molecular weight excluding hydrogens is 174 g/mol. The Hall–Kier alpha value is -2.03. The molecule has 2 heterocycles. The molecule has 0 bridgehead atoms. The van der Waals surface area contributed by atoms with Gasteiger partial charge in [-0.05, 0) is 12.1 Å². The van der Waals surface area contributed by atoms with Crippen molar-refractivity contribution in [1.29, 1.82) is 0 Å². The van der Waals surface area contributed by atoms with E-state index in [1.807, 2.05) is 24.4 Å². The van der Waals surface area contributed by atoms with E-state index in [9.17, 15) is 0 Å². The normalized spacial score (nSPS) is 10.9. The summed E-state index contributed by atoms with van der Waals surface area (Å²) in [7, 11) is 0. The maximum atomic E-state index is 3.95. The molecule has 0 aliphatic heterocycles. The first kappa shape index (κ1) is 7.38. The van der Waals surface area contributed by atoms with Crippen LogP contribution in [-0.4, -0.2) is 15.2 Å². The number of aromatic nitrogens is 3. The van der Waals surface area contributed by atoms with E-state index in [0.717, 1.165) is 16.8 Å². The lowest BCUT2D eigenvalue weighted by molar-refractivity contribution is 1.10. The Labute approximate surface area is 80.8 Å². The minimum atomic E-state index is 1.04. The first-order valence-corrected chi connectivity index (χ1v) is 4.51. The highest BCUT2D eigenvalue weighted by atomic mass is 15.1. The smallest absolute Gasteiger partial charge is 0.0671 e. The Morgan fingerprint density at radius 2 is 2.00 bits per heavy atom. The van der Waals surface area contributed by atoms with E-state index < -0.39 is 0 Å². The number of hydrogen-bond donors (Lipinski definition) is 2. The topological polar surface area (TPSA) is 44.5 Å². The molecule has 0 spiro atoms. The average Bonchev–Trinajstić information content (AvgIpc) is 2.85. The third-order valence-corrected chi connectivity index (χ3v) is 2.38. The SMILES string of the molecule is c1ccc2c(-c3ccn[nH]3)c[nH]c2c1. The third kappa shape index (κ3) is 0.956. The van der Waals surface area contributed by atoms with Crippen LogP contribution in [0.4, 0.5) is 0 Å². The molecule has 0 aliphatic rings. The van der Waals surface area contributed by atoms with Crippen molar-refractivity contribution < 1.29 is 0 Å². The van der Waals surface area contributed by atoms with Gasteiger partial charge in [0, 0.05) is 28.9 Å². The molecule has 0 amide bonds. The standard InChI is InChI=1S/C11H9N3/c1-2-4-10-8(3-1)9(7-12-10)11-5-6-13-14-11/h1-7,12H,(H,13,14). The van der Waals surface area contributed by atoms with Crippen LogP contribution in [0.3, 0.4) is 0 Å². The Kier molecular flexibility index (Phi) is 1.44. The molecule has 2 aromatic heterocycles.